The Morgan fingerprint density at radius 3 is 3.00 bits per heavy atom. The molecule has 0 saturated carbocycles. The molecule has 0 amide bonds. The molecule has 1 unspecified atom stereocenters. The van der Waals surface area contributed by atoms with Crippen LogP contribution in [0.2, 0.25) is 0 Å². The van der Waals surface area contributed by atoms with E-state index in [0.717, 1.165) is 5.71 Å². The lowest BCUT2D eigenvalue weighted by Gasteiger charge is -2.12. The van der Waals surface area contributed by atoms with Gasteiger partial charge in [-0.25, -0.2) is 4.39 Å². The summed E-state index contributed by atoms with van der Waals surface area (Å²) in [5, 5.41) is 0.284. The van der Waals surface area contributed by atoms with Gasteiger partial charge in [-0.15, -0.1) is 0 Å². The molecule has 0 radical (unpaired) electrons. The van der Waals surface area contributed by atoms with Crippen molar-refractivity contribution in [2.45, 2.75) is 19.0 Å². The lowest BCUT2D eigenvalue weighted by Crippen LogP contribution is -2.11. The highest BCUT2D eigenvalue weighted by Gasteiger charge is 2.17. The number of hydrogen-bond acceptors (Lipinski definition) is 1. The Morgan fingerprint density at radius 2 is 2.50 bits per heavy atom. The predicted octanol–water partition coefficient (Wildman–Crippen LogP) is 2.31. The van der Waals surface area contributed by atoms with E-state index < -0.39 is 6.17 Å². The van der Waals surface area contributed by atoms with Crippen LogP contribution in [-0.2, 0) is 0 Å². The number of hydrogen-bond donors (Lipinski definition) is 0. The molecule has 0 N–H and O–H groups in total. The molecule has 10 heavy (non-hydrogen) atoms. The van der Waals surface area contributed by atoms with Gasteiger partial charge in [0.2, 0.25) is 0 Å². The van der Waals surface area contributed by atoms with Crippen molar-refractivity contribution in [1.29, 1.82) is 0 Å². The smallest absolute Gasteiger partial charge is 0.136 e. The van der Waals surface area contributed by atoms with E-state index in [4.69, 9.17) is 11.6 Å². The molecule has 0 spiro atoms. The van der Waals surface area contributed by atoms with Gasteiger partial charge in [-0.1, -0.05) is 11.6 Å². The zero-order valence-corrected chi connectivity index (χ0v) is 6.53. The summed E-state index contributed by atoms with van der Waals surface area (Å²) in [6.45, 7) is 0. The first-order valence-corrected chi connectivity index (χ1v) is 3.58. The molecule has 1 atom stereocenters. The standard InChI is InChI=1S/C7H9ClFN/c1-10-5-2-3-7(9)6(8)4-5/h4,7H,2-3H2,1H3. The summed E-state index contributed by atoms with van der Waals surface area (Å²) in [5.41, 5.74) is 0.888. The number of halogens is 2. The normalized spacial score (nSPS) is 30.5. The maximum absolute atomic E-state index is 12.6. The van der Waals surface area contributed by atoms with Gasteiger partial charge < -0.3 is 0 Å². The fourth-order valence-corrected chi connectivity index (χ4v) is 1.15. The van der Waals surface area contributed by atoms with Crippen LogP contribution in [0.4, 0.5) is 4.39 Å². The second-order valence-corrected chi connectivity index (χ2v) is 2.69. The van der Waals surface area contributed by atoms with Gasteiger partial charge in [0, 0.05) is 12.8 Å². The number of alkyl halides is 1. The fraction of sp³-hybridized carbons (Fsp3) is 0.571. The topological polar surface area (TPSA) is 12.4 Å². The third kappa shape index (κ3) is 1.57. The van der Waals surface area contributed by atoms with E-state index in [9.17, 15) is 4.39 Å². The summed E-state index contributed by atoms with van der Waals surface area (Å²) in [7, 11) is 1.69. The largest absolute Gasteiger partial charge is 0.293 e. The highest BCUT2D eigenvalue weighted by atomic mass is 35.5. The Hall–Kier alpha value is -0.370. The first-order chi connectivity index (χ1) is 4.74. The summed E-state index contributed by atoms with van der Waals surface area (Å²) in [6.07, 6.45) is 1.82. The summed E-state index contributed by atoms with van der Waals surface area (Å²) >= 11 is 5.55. The second kappa shape index (κ2) is 3.15. The molecule has 0 fully saturated rings. The van der Waals surface area contributed by atoms with Gasteiger partial charge in [0.05, 0.1) is 5.03 Å². The SMILES string of the molecule is CN=C1C=C(Cl)C(F)CC1. The molecule has 1 aliphatic rings. The average Bonchev–Trinajstić information content (AvgIpc) is 1.95. The highest BCUT2D eigenvalue weighted by Crippen LogP contribution is 2.22. The van der Waals surface area contributed by atoms with Crippen LogP contribution < -0.4 is 0 Å². The molecular weight excluding hydrogens is 153 g/mol. The number of allylic oxidation sites excluding steroid dienone is 2. The molecule has 56 valence electrons. The fourth-order valence-electron chi connectivity index (χ4n) is 0.911. The van der Waals surface area contributed by atoms with Crippen molar-refractivity contribution in [2.24, 2.45) is 4.99 Å². The first-order valence-electron chi connectivity index (χ1n) is 3.21. The van der Waals surface area contributed by atoms with Crippen molar-refractivity contribution < 1.29 is 4.39 Å². The molecule has 0 aromatic heterocycles. The zero-order chi connectivity index (χ0) is 7.56. The first kappa shape index (κ1) is 7.73. The minimum atomic E-state index is -0.966. The Bertz CT molecular complexity index is 186. The van der Waals surface area contributed by atoms with Crippen LogP contribution in [0.25, 0.3) is 0 Å². The lowest BCUT2D eigenvalue weighted by molar-refractivity contribution is 0.373. The van der Waals surface area contributed by atoms with Crippen LogP contribution in [0.5, 0.6) is 0 Å². The molecule has 3 heteroatoms. The van der Waals surface area contributed by atoms with Crippen LogP contribution in [0.1, 0.15) is 12.8 Å². The zero-order valence-electron chi connectivity index (χ0n) is 5.77. The van der Waals surface area contributed by atoms with Crippen LogP contribution in [0.3, 0.4) is 0 Å². The Morgan fingerprint density at radius 1 is 1.80 bits per heavy atom. The molecule has 0 aliphatic heterocycles. The van der Waals surface area contributed by atoms with Crippen molar-refractivity contribution in [3.8, 4) is 0 Å². The molecule has 1 rings (SSSR count). The van der Waals surface area contributed by atoms with Crippen LogP contribution >= 0.6 is 11.6 Å². The maximum atomic E-state index is 12.6. The van der Waals surface area contributed by atoms with E-state index in [2.05, 4.69) is 4.99 Å². The van der Waals surface area contributed by atoms with Gasteiger partial charge in [-0.05, 0) is 18.9 Å². The summed E-state index contributed by atoms with van der Waals surface area (Å²) in [4.78, 5) is 3.92. The maximum Gasteiger partial charge on any atom is 0.136 e. The van der Waals surface area contributed by atoms with E-state index in [1.807, 2.05) is 0 Å². The number of aliphatic imine (C=N–C) groups is 1. The van der Waals surface area contributed by atoms with Crippen molar-refractivity contribution in [3.05, 3.63) is 11.1 Å². The van der Waals surface area contributed by atoms with Crippen molar-refractivity contribution in [3.63, 3.8) is 0 Å². The number of rotatable bonds is 0. The average molecular weight is 162 g/mol. The van der Waals surface area contributed by atoms with Gasteiger partial charge in [-0.3, -0.25) is 4.99 Å². The van der Waals surface area contributed by atoms with Gasteiger partial charge in [0.1, 0.15) is 6.17 Å². The monoisotopic (exact) mass is 161 g/mol. The van der Waals surface area contributed by atoms with Crippen molar-refractivity contribution in [2.75, 3.05) is 7.05 Å². The van der Waals surface area contributed by atoms with Crippen LogP contribution in [0.15, 0.2) is 16.1 Å². The van der Waals surface area contributed by atoms with Gasteiger partial charge >= 0.3 is 0 Å². The minimum Gasteiger partial charge on any atom is -0.293 e. The lowest BCUT2D eigenvalue weighted by atomic mass is 10.0. The predicted molar refractivity (Wildman–Crippen MR) is 41.4 cm³/mol. The van der Waals surface area contributed by atoms with Crippen LogP contribution in [0, 0.1) is 0 Å². The second-order valence-electron chi connectivity index (χ2n) is 2.25. The summed E-state index contributed by atoms with van der Waals surface area (Å²) in [6, 6.07) is 0. The molecular formula is C7H9ClFN. The molecule has 0 aromatic carbocycles. The van der Waals surface area contributed by atoms with Gasteiger partial charge in [0.25, 0.3) is 0 Å². The van der Waals surface area contributed by atoms with Crippen molar-refractivity contribution >= 4 is 17.3 Å². The van der Waals surface area contributed by atoms with E-state index in [0.29, 0.717) is 12.8 Å². The minimum absolute atomic E-state index is 0.284. The van der Waals surface area contributed by atoms with E-state index in [-0.39, 0.29) is 5.03 Å². The Labute approximate surface area is 64.6 Å². The highest BCUT2D eigenvalue weighted by molar-refractivity contribution is 6.32. The Kier molecular flexibility index (Phi) is 2.44. The van der Waals surface area contributed by atoms with E-state index >= 15 is 0 Å². The van der Waals surface area contributed by atoms with Crippen molar-refractivity contribution in [1.82, 2.24) is 0 Å². The quantitative estimate of drug-likeness (QED) is 0.517. The molecule has 0 heterocycles. The summed E-state index contributed by atoms with van der Waals surface area (Å²) < 4.78 is 12.6. The van der Waals surface area contributed by atoms with Gasteiger partial charge in [0.15, 0.2) is 0 Å². The third-order valence-corrected chi connectivity index (χ3v) is 1.89. The van der Waals surface area contributed by atoms with E-state index in [1.165, 1.54) is 0 Å². The molecule has 1 aliphatic carbocycles. The van der Waals surface area contributed by atoms with Gasteiger partial charge in [-0.2, -0.15) is 0 Å². The third-order valence-electron chi connectivity index (χ3n) is 1.54. The number of nitrogens with zero attached hydrogens (tertiary/aromatic N) is 1. The molecule has 0 aromatic rings. The summed E-state index contributed by atoms with van der Waals surface area (Å²) in [5.74, 6) is 0. The molecule has 0 bridgehead atoms. The van der Waals surface area contributed by atoms with Crippen LogP contribution in [-0.4, -0.2) is 18.9 Å². The Balaban J connectivity index is 2.75. The molecule has 1 nitrogen and oxygen atoms in total. The van der Waals surface area contributed by atoms with E-state index in [1.54, 1.807) is 13.1 Å². The molecule has 0 saturated heterocycles.